The highest BCUT2D eigenvalue weighted by Gasteiger charge is 2.07. The van der Waals surface area contributed by atoms with Crippen molar-refractivity contribution in [2.75, 3.05) is 0 Å². The Morgan fingerprint density at radius 2 is 1.20 bits per heavy atom. The molecule has 1 aromatic carbocycles. The molecule has 1 rings (SSSR count). The summed E-state index contributed by atoms with van der Waals surface area (Å²) in [5.74, 6) is 0. The summed E-state index contributed by atoms with van der Waals surface area (Å²) in [7, 11) is 0. The van der Waals surface area contributed by atoms with Gasteiger partial charge < -0.3 is 0 Å². The predicted octanol–water partition coefficient (Wildman–Crippen LogP) is 6.49. The minimum Gasteiger partial charge on any atom is -0.0654 e. The Balaban J connectivity index is 2.52. The second kappa shape index (κ2) is 10.9. The molecule has 0 nitrogen and oxygen atoms in total. The van der Waals surface area contributed by atoms with Crippen LogP contribution in [0, 0.1) is 0 Å². The smallest absolute Gasteiger partial charge is 0.0276 e. The SMILES string of the molecule is CCCCCCCCc1cccc(CCC)c1CCC. The van der Waals surface area contributed by atoms with E-state index < -0.39 is 0 Å². The molecule has 0 spiro atoms. The van der Waals surface area contributed by atoms with Crippen LogP contribution in [0.4, 0.5) is 0 Å². The van der Waals surface area contributed by atoms with Crippen LogP contribution in [-0.4, -0.2) is 0 Å². The average molecular weight is 274 g/mol. The molecule has 0 aliphatic rings. The average Bonchev–Trinajstić information content (AvgIpc) is 2.46. The van der Waals surface area contributed by atoms with Gasteiger partial charge in [-0.3, -0.25) is 0 Å². The molecule has 114 valence electrons. The van der Waals surface area contributed by atoms with Gasteiger partial charge in [-0.2, -0.15) is 0 Å². The quantitative estimate of drug-likeness (QED) is 0.404. The lowest BCUT2D eigenvalue weighted by Gasteiger charge is -2.14. The molecule has 0 saturated carbocycles. The highest BCUT2D eigenvalue weighted by Crippen LogP contribution is 2.21. The highest BCUT2D eigenvalue weighted by atomic mass is 14.1. The van der Waals surface area contributed by atoms with Crippen molar-refractivity contribution in [1.82, 2.24) is 0 Å². The van der Waals surface area contributed by atoms with Gasteiger partial charge >= 0.3 is 0 Å². The zero-order valence-electron chi connectivity index (χ0n) is 14.0. The first kappa shape index (κ1) is 17.3. The van der Waals surface area contributed by atoms with Crippen molar-refractivity contribution in [3.05, 3.63) is 34.9 Å². The van der Waals surface area contributed by atoms with E-state index in [2.05, 4.69) is 39.0 Å². The van der Waals surface area contributed by atoms with Crippen molar-refractivity contribution in [2.45, 2.75) is 91.4 Å². The molecule has 1 aromatic rings. The highest BCUT2D eigenvalue weighted by molar-refractivity contribution is 5.35. The van der Waals surface area contributed by atoms with Crippen LogP contribution in [0.2, 0.25) is 0 Å². The first-order chi connectivity index (χ1) is 9.83. The van der Waals surface area contributed by atoms with Gasteiger partial charge in [0.25, 0.3) is 0 Å². The van der Waals surface area contributed by atoms with Crippen molar-refractivity contribution >= 4 is 0 Å². The van der Waals surface area contributed by atoms with Crippen LogP contribution >= 0.6 is 0 Å². The molecule has 0 aliphatic carbocycles. The monoisotopic (exact) mass is 274 g/mol. The fourth-order valence-corrected chi connectivity index (χ4v) is 3.09. The summed E-state index contributed by atoms with van der Waals surface area (Å²) in [6.07, 6.45) is 14.7. The summed E-state index contributed by atoms with van der Waals surface area (Å²) in [5, 5.41) is 0. The van der Waals surface area contributed by atoms with Gasteiger partial charge in [0.05, 0.1) is 0 Å². The molecule has 0 bridgehead atoms. The second-order valence-electron chi connectivity index (χ2n) is 6.07. The van der Waals surface area contributed by atoms with Crippen LogP contribution in [-0.2, 0) is 19.3 Å². The fourth-order valence-electron chi connectivity index (χ4n) is 3.09. The Kier molecular flexibility index (Phi) is 9.45. The number of rotatable bonds is 11. The zero-order chi connectivity index (χ0) is 14.6. The van der Waals surface area contributed by atoms with E-state index in [1.54, 1.807) is 16.7 Å². The number of hydrogen-bond donors (Lipinski definition) is 0. The molecule has 0 heterocycles. The van der Waals surface area contributed by atoms with Crippen molar-refractivity contribution in [3.63, 3.8) is 0 Å². The van der Waals surface area contributed by atoms with Crippen molar-refractivity contribution in [3.8, 4) is 0 Å². The summed E-state index contributed by atoms with van der Waals surface area (Å²) in [4.78, 5) is 0. The second-order valence-corrected chi connectivity index (χ2v) is 6.07. The van der Waals surface area contributed by atoms with Gasteiger partial charge in [-0.05, 0) is 42.4 Å². The third-order valence-corrected chi connectivity index (χ3v) is 4.19. The Hall–Kier alpha value is -0.780. The van der Waals surface area contributed by atoms with Crippen LogP contribution in [0.15, 0.2) is 18.2 Å². The molecule has 0 atom stereocenters. The molecule has 20 heavy (non-hydrogen) atoms. The van der Waals surface area contributed by atoms with Gasteiger partial charge in [-0.25, -0.2) is 0 Å². The van der Waals surface area contributed by atoms with E-state index in [0.717, 1.165) is 0 Å². The first-order valence-corrected chi connectivity index (χ1v) is 8.93. The van der Waals surface area contributed by atoms with Gasteiger partial charge in [-0.1, -0.05) is 83.9 Å². The van der Waals surface area contributed by atoms with Crippen LogP contribution in [0.3, 0.4) is 0 Å². The normalized spacial score (nSPS) is 10.9. The third-order valence-electron chi connectivity index (χ3n) is 4.19. The van der Waals surface area contributed by atoms with E-state index in [-0.39, 0.29) is 0 Å². The lowest BCUT2D eigenvalue weighted by Crippen LogP contribution is -2.00. The van der Waals surface area contributed by atoms with Crippen LogP contribution in [0.1, 0.15) is 88.8 Å². The maximum Gasteiger partial charge on any atom is -0.0276 e. The van der Waals surface area contributed by atoms with Crippen LogP contribution in [0.25, 0.3) is 0 Å². The minimum atomic E-state index is 1.25. The zero-order valence-corrected chi connectivity index (χ0v) is 14.0. The molecule has 0 amide bonds. The molecule has 0 fully saturated rings. The summed E-state index contributed by atoms with van der Waals surface area (Å²) in [5.41, 5.74) is 4.91. The van der Waals surface area contributed by atoms with Crippen molar-refractivity contribution in [2.24, 2.45) is 0 Å². The Labute approximate surface area is 127 Å². The molecule has 0 heteroatoms. The van der Waals surface area contributed by atoms with E-state index in [4.69, 9.17) is 0 Å². The fraction of sp³-hybridized carbons (Fsp3) is 0.700. The summed E-state index contributed by atoms with van der Waals surface area (Å²) < 4.78 is 0. The predicted molar refractivity (Wildman–Crippen MR) is 91.5 cm³/mol. The molecule has 0 N–H and O–H groups in total. The van der Waals surface area contributed by atoms with E-state index in [1.165, 1.54) is 70.6 Å². The third kappa shape index (κ3) is 6.11. The molecule has 0 saturated heterocycles. The number of aryl methyl sites for hydroxylation is 2. The van der Waals surface area contributed by atoms with E-state index in [9.17, 15) is 0 Å². The van der Waals surface area contributed by atoms with Gasteiger partial charge in [0.1, 0.15) is 0 Å². The van der Waals surface area contributed by atoms with Gasteiger partial charge in [0.15, 0.2) is 0 Å². The van der Waals surface area contributed by atoms with Crippen LogP contribution in [0.5, 0.6) is 0 Å². The molecule has 0 unspecified atom stereocenters. The largest absolute Gasteiger partial charge is 0.0654 e. The van der Waals surface area contributed by atoms with Gasteiger partial charge in [0.2, 0.25) is 0 Å². The topological polar surface area (TPSA) is 0 Å². The Morgan fingerprint density at radius 1 is 0.600 bits per heavy atom. The first-order valence-electron chi connectivity index (χ1n) is 8.93. The summed E-state index contributed by atoms with van der Waals surface area (Å²) >= 11 is 0. The van der Waals surface area contributed by atoms with E-state index >= 15 is 0 Å². The molecule has 0 aromatic heterocycles. The number of unbranched alkanes of at least 4 members (excludes halogenated alkanes) is 5. The van der Waals surface area contributed by atoms with Crippen molar-refractivity contribution < 1.29 is 0 Å². The Bertz CT molecular complexity index is 351. The molecule has 0 aliphatic heterocycles. The number of benzene rings is 1. The lowest BCUT2D eigenvalue weighted by molar-refractivity contribution is 0.606. The van der Waals surface area contributed by atoms with E-state index in [1.807, 2.05) is 0 Å². The molecular weight excluding hydrogens is 240 g/mol. The standard InChI is InChI=1S/C20H34/c1-4-7-8-9-10-11-15-19-17-12-16-18(13-5-2)20(19)14-6-3/h12,16-17H,4-11,13-15H2,1-3H3. The van der Waals surface area contributed by atoms with Crippen LogP contribution < -0.4 is 0 Å². The number of hydrogen-bond acceptors (Lipinski definition) is 0. The van der Waals surface area contributed by atoms with Crippen molar-refractivity contribution in [1.29, 1.82) is 0 Å². The van der Waals surface area contributed by atoms with Gasteiger partial charge in [0, 0.05) is 0 Å². The van der Waals surface area contributed by atoms with Gasteiger partial charge in [-0.15, -0.1) is 0 Å². The molecule has 0 radical (unpaired) electrons. The van der Waals surface area contributed by atoms with E-state index in [0.29, 0.717) is 0 Å². The lowest BCUT2D eigenvalue weighted by atomic mass is 9.91. The maximum atomic E-state index is 2.37. The maximum absolute atomic E-state index is 2.37. The summed E-state index contributed by atoms with van der Waals surface area (Å²) in [6, 6.07) is 6.99. The minimum absolute atomic E-state index is 1.25. The Morgan fingerprint density at radius 3 is 1.85 bits per heavy atom. The molecular formula is C20H34. The summed E-state index contributed by atoms with van der Waals surface area (Å²) in [6.45, 7) is 6.88.